The Balaban J connectivity index is 1.44. The number of aromatic nitrogens is 4. The van der Waals surface area contributed by atoms with Crippen LogP contribution in [0.15, 0.2) is 55.2 Å². The molecule has 2 aromatic heterocycles. The summed E-state index contributed by atoms with van der Waals surface area (Å²) in [7, 11) is 0. The molecule has 0 fully saturated rings. The van der Waals surface area contributed by atoms with E-state index >= 15 is 0 Å². The van der Waals surface area contributed by atoms with Crippen LogP contribution in [0.4, 0.5) is 5.69 Å². The number of esters is 1. The van der Waals surface area contributed by atoms with Crippen molar-refractivity contribution in [1.29, 1.82) is 0 Å². The number of pyridine rings is 1. The van der Waals surface area contributed by atoms with Crippen LogP contribution in [0.1, 0.15) is 29.3 Å². The SMILES string of the molecule is CC(OC(=O)c1ccc(-n2cncn2)nc1)C(=O)N1CCCc2ccccc21. The van der Waals surface area contributed by atoms with Gasteiger partial charge in [0, 0.05) is 18.4 Å². The summed E-state index contributed by atoms with van der Waals surface area (Å²) in [5, 5.41) is 3.98. The van der Waals surface area contributed by atoms with Gasteiger partial charge in [0.25, 0.3) is 5.91 Å². The topological polar surface area (TPSA) is 90.2 Å². The molecular formula is C20H19N5O3. The Bertz CT molecular complexity index is 985. The predicted molar refractivity (Wildman–Crippen MR) is 101 cm³/mol. The van der Waals surface area contributed by atoms with Gasteiger partial charge in [0.15, 0.2) is 11.9 Å². The second-order valence-corrected chi connectivity index (χ2v) is 6.51. The second-order valence-electron chi connectivity index (χ2n) is 6.51. The number of hydrogen-bond donors (Lipinski definition) is 0. The summed E-state index contributed by atoms with van der Waals surface area (Å²) in [6.45, 7) is 2.21. The Labute approximate surface area is 161 Å². The van der Waals surface area contributed by atoms with Crippen LogP contribution in [0.3, 0.4) is 0 Å². The molecule has 0 aliphatic carbocycles. The quantitative estimate of drug-likeness (QED) is 0.648. The highest BCUT2D eigenvalue weighted by Crippen LogP contribution is 2.27. The zero-order chi connectivity index (χ0) is 19.5. The van der Waals surface area contributed by atoms with E-state index in [-0.39, 0.29) is 11.5 Å². The number of ether oxygens (including phenoxy) is 1. The normalized spacial score (nSPS) is 14.2. The van der Waals surface area contributed by atoms with Crippen molar-refractivity contribution in [3.63, 3.8) is 0 Å². The molecule has 1 aliphatic heterocycles. The third kappa shape index (κ3) is 3.48. The minimum absolute atomic E-state index is 0.229. The van der Waals surface area contributed by atoms with Gasteiger partial charge in [0.1, 0.15) is 12.7 Å². The van der Waals surface area contributed by atoms with E-state index in [9.17, 15) is 9.59 Å². The standard InChI is InChI=1S/C20H19N5O3/c1-14(19(26)24-10-4-6-15-5-2-3-7-17(15)24)28-20(27)16-8-9-18(22-11-16)25-13-21-12-23-25/h2-3,5,7-9,11-14H,4,6,10H2,1H3. The largest absolute Gasteiger partial charge is 0.449 e. The van der Waals surface area contributed by atoms with Gasteiger partial charge in [0.05, 0.1) is 5.56 Å². The Morgan fingerprint density at radius 2 is 2.04 bits per heavy atom. The smallest absolute Gasteiger partial charge is 0.340 e. The van der Waals surface area contributed by atoms with Crippen LogP contribution in [0.2, 0.25) is 0 Å². The van der Waals surface area contributed by atoms with Crippen LogP contribution in [-0.2, 0) is 16.0 Å². The Hall–Kier alpha value is -3.55. The molecule has 0 radical (unpaired) electrons. The maximum atomic E-state index is 12.9. The van der Waals surface area contributed by atoms with Crippen LogP contribution >= 0.6 is 0 Å². The van der Waals surface area contributed by atoms with E-state index in [1.165, 1.54) is 23.5 Å². The van der Waals surface area contributed by atoms with Crippen LogP contribution < -0.4 is 4.90 Å². The van der Waals surface area contributed by atoms with Gasteiger partial charge in [-0.2, -0.15) is 5.10 Å². The van der Waals surface area contributed by atoms with Crippen molar-refractivity contribution in [2.75, 3.05) is 11.4 Å². The molecule has 3 aromatic rings. The summed E-state index contributed by atoms with van der Waals surface area (Å²) in [4.78, 5) is 35.0. The molecule has 0 spiro atoms. The summed E-state index contributed by atoms with van der Waals surface area (Å²) in [5.74, 6) is -0.292. The van der Waals surface area contributed by atoms with Gasteiger partial charge in [-0.1, -0.05) is 18.2 Å². The van der Waals surface area contributed by atoms with E-state index in [0.717, 1.165) is 24.1 Å². The molecule has 1 aliphatic rings. The number of amides is 1. The third-order valence-corrected chi connectivity index (χ3v) is 4.64. The average Bonchev–Trinajstić information content (AvgIpc) is 3.28. The highest BCUT2D eigenvalue weighted by Gasteiger charge is 2.28. The van der Waals surface area contributed by atoms with Crippen molar-refractivity contribution in [2.45, 2.75) is 25.9 Å². The molecule has 8 nitrogen and oxygen atoms in total. The number of fused-ring (bicyclic) bond motifs is 1. The van der Waals surface area contributed by atoms with Crippen molar-refractivity contribution in [3.8, 4) is 5.82 Å². The molecule has 1 atom stereocenters. The lowest BCUT2D eigenvalue weighted by Crippen LogP contribution is -2.42. The molecule has 142 valence electrons. The molecule has 1 amide bonds. The van der Waals surface area contributed by atoms with Gasteiger partial charge < -0.3 is 9.64 Å². The molecule has 0 saturated heterocycles. The Morgan fingerprint density at radius 1 is 1.18 bits per heavy atom. The number of hydrogen-bond acceptors (Lipinski definition) is 6. The highest BCUT2D eigenvalue weighted by atomic mass is 16.5. The number of carbonyl (C=O) groups is 2. The maximum Gasteiger partial charge on any atom is 0.340 e. The summed E-state index contributed by atoms with van der Waals surface area (Å²) in [5.41, 5.74) is 2.29. The molecule has 0 saturated carbocycles. The van der Waals surface area contributed by atoms with Crippen molar-refractivity contribution in [1.82, 2.24) is 19.7 Å². The monoisotopic (exact) mass is 377 g/mol. The molecule has 28 heavy (non-hydrogen) atoms. The van der Waals surface area contributed by atoms with Crippen molar-refractivity contribution in [2.24, 2.45) is 0 Å². The molecule has 1 aromatic carbocycles. The summed E-state index contributed by atoms with van der Waals surface area (Å²) >= 11 is 0. The summed E-state index contributed by atoms with van der Waals surface area (Å²) in [6, 6.07) is 11.0. The first kappa shape index (κ1) is 17.8. The number of aryl methyl sites for hydroxylation is 1. The minimum atomic E-state index is -0.895. The fourth-order valence-corrected chi connectivity index (χ4v) is 3.23. The van der Waals surface area contributed by atoms with Crippen LogP contribution in [0.5, 0.6) is 0 Å². The number of rotatable bonds is 4. The Kier molecular flexibility index (Phi) is 4.84. The van der Waals surface area contributed by atoms with Crippen LogP contribution in [0.25, 0.3) is 5.82 Å². The maximum absolute atomic E-state index is 12.9. The number of anilines is 1. The second kappa shape index (κ2) is 7.59. The first-order chi connectivity index (χ1) is 13.6. The van der Waals surface area contributed by atoms with Crippen LogP contribution in [-0.4, -0.2) is 44.3 Å². The fourth-order valence-electron chi connectivity index (χ4n) is 3.23. The van der Waals surface area contributed by atoms with E-state index < -0.39 is 12.1 Å². The predicted octanol–water partition coefficient (Wildman–Crippen LogP) is 2.19. The summed E-state index contributed by atoms with van der Waals surface area (Å²) < 4.78 is 6.87. The lowest BCUT2D eigenvalue weighted by molar-refractivity contribution is -0.126. The van der Waals surface area contributed by atoms with Gasteiger partial charge in [-0.3, -0.25) is 4.79 Å². The van der Waals surface area contributed by atoms with E-state index in [1.54, 1.807) is 24.0 Å². The van der Waals surface area contributed by atoms with Gasteiger partial charge in [-0.05, 0) is 43.5 Å². The van der Waals surface area contributed by atoms with Gasteiger partial charge in [-0.25, -0.2) is 19.4 Å². The van der Waals surface area contributed by atoms with E-state index in [2.05, 4.69) is 15.1 Å². The molecule has 4 rings (SSSR count). The van der Waals surface area contributed by atoms with E-state index in [4.69, 9.17) is 4.74 Å². The van der Waals surface area contributed by atoms with E-state index in [1.807, 2.05) is 24.3 Å². The van der Waals surface area contributed by atoms with Crippen LogP contribution in [0, 0.1) is 0 Å². The van der Waals surface area contributed by atoms with Crippen molar-refractivity contribution < 1.29 is 14.3 Å². The van der Waals surface area contributed by atoms with Crippen molar-refractivity contribution >= 4 is 17.6 Å². The fraction of sp³-hybridized carbons (Fsp3) is 0.250. The highest BCUT2D eigenvalue weighted by molar-refractivity contribution is 5.99. The zero-order valence-corrected chi connectivity index (χ0v) is 15.4. The number of nitrogens with zero attached hydrogens (tertiary/aromatic N) is 5. The Morgan fingerprint density at radius 3 is 2.79 bits per heavy atom. The minimum Gasteiger partial charge on any atom is -0.449 e. The molecule has 8 heteroatoms. The van der Waals surface area contributed by atoms with Gasteiger partial charge >= 0.3 is 5.97 Å². The third-order valence-electron chi connectivity index (χ3n) is 4.64. The molecular weight excluding hydrogens is 358 g/mol. The number of benzene rings is 1. The molecule has 0 N–H and O–H groups in total. The average molecular weight is 377 g/mol. The number of carbonyl (C=O) groups excluding carboxylic acids is 2. The van der Waals surface area contributed by atoms with E-state index in [0.29, 0.717) is 12.4 Å². The molecule has 0 bridgehead atoms. The number of para-hydroxylation sites is 1. The zero-order valence-electron chi connectivity index (χ0n) is 15.4. The molecule has 1 unspecified atom stereocenters. The lowest BCUT2D eigenvalue weighted by atomic mass is 10.0. The van der Waals surface area contributed by atoms with Gasteiger partial charge in [-0.15, -0.1) is 0 Å². The first-order valence-electron chi connectivity index (χ1n) is 9.05. The van der Waals surface area contributed by atoms with Crippen molar-refractivity contribution in [3.05, 3.63) is 66.4 Å². The molecule has 3 heterocycles. The van der Waals surface area contributed by atoms with Gasteiger partial charge in [0.2, 0.25) is 0 Å². The first-order valence-corrected chi connectivity index (χ1v) is 9.05. The summed E-state index contributed by atoms with van der Waals surface area (Å²) in [6.07, 6.45) is 5.24. The lowest BCUT2D eigenvalue weighted by Gasteiger charge is -2.31.